The molecule has 1 rings (SSSR count). The molecule has 0 fully saturated rings. The summed E-state index contributed by atoms with van der Waals surface area (Å²) in [6, 6.07) is 5.44. The van der Waals surface area contributed by atoms with Gasteiger partial charge < -0.3 is 19.1 Å². The summed E-state index contributed by atoms with van der Waals surface area (Å²) in [7, 11) is 6.38. The fourth-order valence-electron chi connectivity index (χ4n) is 1.72. The van der Waals surface area contributed by atoms with Gasteiger partial charge in [0.1, 0.15) is 5.75 Å². The Morgan fingerprint density at radius 3 is 2.42 bits per heavy atom. The minimum absolute atomic E-state index is 0.0875. The molecule has 0 aliphatic heterocycles. The predicted octanol–water partition coefficient (Wildman–Crippen LogP) is 1.69. The number of likely N-dealkylation sites (N-methyl/N-ethyl adjacent to an activating group) is 1. The molecule has 19 heavy (non-hydrogen) atoms. The first-order valence-corrected chi connectivity index (χ1v) is 5.99. The molecule has 1 aromatic rings. The van der Waals surface area contributed by atoms with E-state index in [1.165, 1.54) is 0 Å². The van der Waals surface area contributed by atoms with Gasteiger partial charge >= 0.3 is 0 Å². The van der Waals surface area contributed by atoms with Crippen molar-refractivity contribution in [1.82, 2.24) is 4.90 Å². The number of methoxy groups -OCH3 is 3. The zero-order valence-electron chi connectivity index (χ0n) is 12.1. The van der Waals surface area contributed by atoms with Crippen LogP contribution in [0.4, 0.5) is 0 Å². The molecule has 1 aromatic carbocycles. The van der Waals surface area contributed by atoms with Gasteiger partial charge in [-0.2, -0.15) is 0 Å². The molecule has 0 N–H and O–H groups in total. The van der Waals surface area contributed by atoms with Crippen molar-refractivity contribution in [3.8, 4) is 5.75 Å². The zero-order valence-corrected chi connectivity index (χ0v) is 12.1. The van der Waals surface area contributed by atoms with Crippen LogP contribution in [0, 0.1) is 6.92 Å². The Morgan fingerprint density at radius 2 is 1.89 bits per heavy atom. The summed E-state index contributed by atoms with van der Waals surface area (Å²) in [5.41, 5.74) is 1.52. The molecule has 0 heterocycles. The molecule has 0 aliphatic rings. The van der Waals surface area contributed by atoms with E-state index in [1.807, 2.05) is 19.1 Å². The van der Waals surface area contributed by atoms with Crippen molar-refractivity contribution in [3.63, 3.8) is 0 Å². The van der Waals surface area contributed by atoms with E-state index in [0.717, 1.165) is 5.56 Å². The average Bonchev–Trinajstić information content (AvgIpc) is 2.44. The number of ether oxygens (including phenoxy) is 3. The van der Waals surface area contributed by atoms with Crippen LogP contribution in [0.2, 0.25) is 0 Å². The third kappa shape index (κ3) is 3.94. The molecule has 5 heteroatoms. The van der Waals surface area contributed by atoms with E-state index in [4.69, 9.17) is 14.2 Å². The van der Waals surface area contributed by atoms with Crippen molar-refractivity contribution in [2.45, 2.75) is 13.2 Å². The van der Waals surface area contributed by atoms with Gasteiger partial charge in [0.05, 0.1) is 13.7 Å². The van der Waals surface area contributed by atoms with E-state index < -0.39 is 6.29 Å². The smallest absolute Gasteiger partial charge is 0.254 e. The van der Waals surface area contributed by atoms with Crippen molar-refractivity contribution >= 4 is 5.91 Å². The molecular formula is C14H21NO4. The lowest BCUT2D eigenvalue weighted by Crippen LogP contribution is -2.36. The van der Waals surface area contributed by atoms with Crippen molar-refractivity contribution in [1.29, 1.82) is 0 Å². The number of rotatable bonds is 6. The second kappa shape index (κ2) is 7.11. The number of carbonyl (C=O) groups is 1. The summed E-state index contributed by atoms with van der Waals surface area (Å²) >= 11 is 0. The first kappa shape index (κ1) is 15.5. The molecule has 106 valence electrons. The Bertz CT molecular complexity index is 429. The fraction of sp³-hybridized carbons (Fsp3) is 0.500. The quantitative estimate of drug-likeness (QED) is 0.736. The van der Waals surface area contributed by atoms with Crippen molar-refractivity contribution in [3.05, 3.63) is 29.3 Å². The Morgan fingerprint density at radius 1 is 1.26 bits per heavy atom. The van der Waals surface area contributed by atoms with Gasteiger partial charge in [-0.05, 0) is 24.6 Å². The van der Waals surface area contributed by atoms with Crippen LogP contribution in [0.1, 0.15) is 15.9 Å². The number of hydrogen-bond acceptors (Lipinski definition) is 4. The van der Waals surface area contributed by atoms with Gasteiger partial charge in [-0.15, -0.1) is 0 Å². The maximum atomic E-state index is 12.4. The maximum Gasteiger partial charge on any atom is 0.254 e. The van der Waals surface area contributed by atoms with Gasteiger partial charge in [0, 0.05) is 26.8 Å². The largest absolute Gasteiger partial charge is 0.497 e. The Kier molecular flexibility index (Phi) is 5.79. The van der Waals surface area contributed by atoms with Crippen LogP contribution >= 0.6 is 0 Å². The molecule has 0 radical (unpaired) electrons. The molecular weight excluding hydrogens is 246 g/mol. The molecule has 0 saturated carbocycles. The summed E-state index contributed by atoms with van der Waals surface area (Å²) < 4.78 is 15.3. The van der Waals surface area contributed by atoms with Gasteiger partial charge in [-0.3, -0.25) is 4.79 Å². The number of carbonyl (C=O) groups excluding carboxylic acids is 1. The summed E-state index contributed by atoms with van der Waals surface area (Å²) in [5, 5.41) is 0. The highest BCUT2D eigenvalue weighted by Crippen LogP contribution is 2.18. The SMILES string of the molecule is COc1ccc(C)c(C(=O)N(C)CC(OC)OC)c1. The van der Waals surface area contributed by atoms with Crippen LogP contribution in [0.3, 0.4) is 0 Å². The molecule has 0 atom stereocenters. The molecule has 0 unspecified atom stereocenters. The summed E-state index contributed by atoms with van der Waals surface area (Å²) in [4.78, 5) is 13.9. The van der Waals surface area contributed by atoms with Gasteiger partial charge in [-0.25, -0.2) is 0 Å². The third-order valence-electron chi connectivity index (χ3n) is 2.97. The first-order chi connectivity index (χ1) is 9.03. The van der Waals surface area contributed by atoms with E-state index in [1.54, 1.807) is 39.3 Å². The lowest BCUT2D eigenvalue weighted by atomic mass is 10.1. The van der Waals surface area contributed by atoms with Crippen LogP contribution in [-0.4, -0.2) is 52.0 Å². The van der Waals surface area contributed by atoms with Gasteiger partial charge in [-0.1, -0.05) is 6.07 Å². The van der Waals surface area contributed by atoms with Gasteiger partial charge in [0.15, 0.2) is 6.29 Å². The minimum Gasteiger partial charge on any atom is -0.497 e. The third-order valence-corrected chi connectivity index (χ3v) is 2.97. The van der Waals surface area contributed by atoms with Crippen molar-refractivity contribution < 1.29 is 19.0 Å². The van der Waals surface area contributed by atoms with E-state index in [0.29, 0.717) is 17.9 Å². The van der Waals surface area contributed by atoms with Crippen LogP contribution < -0.4 is 4.74 Å². The van der Waals surface area contributed by atoms with Crippen molar-refractivity contribution in [2.24, 2.45) is 0 Å². The van der Waals surface area contributed by atoms with Crippen LogP contribution in [0.25, 0.3) is 0 Å². The summed E-state index contributed by atoms with van der Waals surface area (Å²) in [6.07, 6.45) is -0.431. The Balaban J connectivity index is 2.87. The summed E-state index contributed by atoms with van der Waals surface area (Å²) in [5.74, 6) is 0.577. The van der Waals surface area contributed by atoms with Crippen LogP contribution in [-0.2, 0) is 9.47 Å². The average molecular weight is 267 g/mol. The normalized spacial score (nSPS) is 10.6. The second-order valence-electron chi connectivity index (χ2n) is 4.27. The van der Waals surface area contributed by atoms with Crippen LogP contribution in [0.15, 0.2) is 18.2 Å². The number of benzene rings is 1. The van der Waals surface area contributed by atoms with Gasteiger partial charge in [0.25, 0.3) is 5.91 Å². The molecule has 0 saturated heterocycles. The first-order valence-electron chi connectivity index (χ1n) is 5.99. The van der Waals surface area contributed by atoms with E-state index in [9.17, 15) is 4.79 Å². The van der Waals surface area contributed by atoms with Crippen LogP contribution in [0.5, 0.6) is 5.75 Å². The highest BCUT2D eigenvalue weighted by atomic mass is 16.7. The highest BCUT2D eigenvalue weighted by Gasteiger charge is 2.18. The maximum absolute atomic E-state index is 12.4. The van der Waals surface area contributed by atoms with E-state index >= 15 is 0 Å². The molecule has 0 aliphatic carbocycles. The molecule has 0 bridgehead atoms. The molecule has 1 amide bonds. The lowest BCUT2D eigenvalue weighted by Gasteiger charge is -2.23. The van der Waals surface area contributed by atoms with Gasteiger partial charge in [0.2, 0.25) is 0 Å². The number of nitrogens with zero attached hydrogens (tertiary/aromatic N) is 1. The number of aryl methyl sites for hydroxylation is 1. The zero-order chi connectivity index (χ0) is 14.4. The highest BCUT2D eigenvalue weighted by molar-refractivity contribution is 5.95. The fourth-order valence-corrected chi connectivity index (χ4v) is 1.72. The Hall–Kier alpha value is -1.59. The van der Waals surface area contributed by atoms with E-state index in [-0.39, 0.29) is 5.91 Å². The molecule has 0 aromatic heterocycles. The van der Waals surface area contributed by atoms with E-state index in [2.05, 4.69) is 0 Å². The molecule has 0 spiro atoms. The number of hydrogen-bond donors (Lipinski definition) is 0. The standard InChI is InChI=1S/C14H21NO4/c1-10-6-7-11(17-3)8-12(10)14(16)15(2)9-13(18-4)19-5/h6-8,13H,9H2,1-5H3. The Labute approximate surface area is 114 Å². The monoisotopic (exact) mass is 267 g/mol. The minimum atomic E-state index is -0.431. The van der Waals surface area contributed by atoms with Crippen molar-refractivity contribution in [2.75, 3.05) is 34.9 Å². The number of amides is 1. The topological polar surface area (TPSA) is 48.0 Å². The molecule has 5 nitrogen and oxygen atoms in total. The second-order valence-corrected chi connectivity index (χ2v) is 4.27. The summed E-state index contributed by atoms with van der Waals surface area (Å²) in [6.45, 7) is 2.26. The lowest BCUT2D eigenvalue weighted by molar-refractivity contribution is -0.110. The predicted molar refractivity (Wildman–Crippen MR) is 72.5 cm³/mol.